The molecule has 4 nitrogen and oxygen atoms in total. The SMILES string of the molecule is COC(=O)CCNC(=O)c1ccc(Br)cc1C(F)(F)F. The van der Waals surface area contributed by atoms with Crippen molar-refractivity contribution >= 4 is 27.8 Å². The van der Waals surface area contributed by atoms with Crippen molar-refractivity contribution < 1.29 is 27.5 Å². The molecule has 0 saturated carbocycles. The van der Waals surface area contributed by atoms with Gasteiger partial charge in [-0.25, -0.2) is 0 Å². The molecule has 0 unspecified atom stereocenters. The number of amides is 1. The van der Waals surface area contributed by atoms with Gasteiger partial charge < -0.3 is 10.1 Å². The van der Waals surface area contributed by atoms with Gasteiger partial charge >= 0.3 is 12.1 Å². The molecule has 0 spiro atoms. The van der Waals surface area contributed by atoms with Gasteiger partial charge in [-0.15, -0.1) is 0 Å². The third-order valence-corrected chi connectivity index (χ3v) is 2.87. The van der Waals surface area contributed by atoms with Crippen molar-refractivity contribution in [3.05, 3.63) is 33.8 Å². The minimum Gasteiger partial charge on any atom is -0.469 e. The fourth-order valence-electron chi connectivity index (χ4n) is 1.42. The van der Waals surface area contributed by atoms with Crippen LogP contribution in [0, 0.1) is 0 Å². The Morgan fingerprint density at radius 1 is 1.35 bits per heavy atom. The predicted octanol–water partition coefficient (Wildman–Crippen LogP) is 2.76. The van der Waals surface area contributed by atoms with Crippen molar-refractivity contribution in [2.45, 2.75) is 12.6 Å². The first-order valence-corrected chi connectivity index (χ1v) is 6.26. The number of halogens is 4. The van der Waals surface area contributed by atoms with Crippen LogP contribution in [-0.2, 0) is 15.7 Å². The van der Waals surface area contributed by atoms with Gasteiger partial charge in [-0.05, 0) is 18.2 Å². The highest BCUT2D eigenvalue weighted by molar-refractivity contribution is 9.10. The van der Waals surface area contributed by atoms with Crippen LogP contribution >= 0.6 is 15.9 Å². The second-order valence-electron chi connectivity index (χ2n) is 3.77. The first-order chi connectivity index (χ1) is 9.25. The van der Waals surface area contributed by atoms with E-state index in [0.29, 0.717) is 0 Å². The Bertz CT molecular complexity index is 517. The maximum Gasteiger partial charge on any atom is 0.417 e. The molecule has 0 aliphatic heterocycles. The van der Waals surface area contributed by atoms with Gasteiger partial charge in [-0.3, -0.25) is 9.59 Å². The van der Waals surface area contributed by atoms with E-state index in [4.69, 9.17) is 0 Å². The lowest BCUT2D eigenvalue weighted by Gasteiger charge is -2.13. The minimum absolute atomic E-state index is 0.0983. The van der Waals surface area contributed by atoms with Crippen molar-refractivity contribution in [2.24, 2.45) is 0 Å². The predicted molar refractivity (Wildman–Crippen MR) is 68.1 cm³/mol. The molecule has 0 radical (unpaired) electrons. The molecular formula is C12H11BrF3NO3. The number of carbonyl (C=O) groups is 2. The zero-order valence-electron chi connectivity index (χ0n) is 10.4. The second-order valence-corrected chi connectivity index (χ2v) is 4.69. The van der Waals surface area contributed by atoms with Crippen molar-refractivity contribution in [3.63, 3.8) is 0 Å². The van der Waals surface area contributed by atoms with E-state index in [1.807, 2.05) is 0 Å². The number of hydrogen-bond donors (Lipinski definition) is 1. The van der Waals surface area contributed by atoms with Gasteiger partial charge in [0.05, 0.1) is 24.7 Å². The second kappa shape index (κ2) is 6.74. The van der Waals surface area contributed by atoms with Gasteiger partial charge in [0.15, 0.2) is 0 Å². The average Bonchev–Trinajstić information content (AvgIpc) is 2.37. The highest BCUT2D eigenvalue weighted by atomic mass is 79.9. The number of nitrogens with one attached hydrogen (secondary N) is 1. The highest BCUT2D eigenvalue weighted by Gasteiger charge is 2.35. The lowest BCUT2D eigenvalue weighted by molar-refractivity contribution is -0.140. The Kier molecular flexibility index (Phi) is 5.55. The smallest absolute Gasteiger partial charge is 0.417 e. The number of benzene rings is 1. The first kappa shape index (κ1) is 16.5. The van der Waals surface area contributed by atoms with Crippen molar-refractivity contribution in [3.8, 4) is 0 Å². The van der Waals surface area contributed by atoms with E-state index in [-0.39, 0.29) is 17.4 Å². The maximum absolute atomic E-state index is 12.8. The van der Waals surface area contributed by atoms with Crippen LogP contribution in [0.4, 0.5) is 13.2 Å². The Morgan fingerprint density at radius 3 is 2.55 bits per heavy atom. The van der Waals surface area contributed by atoms with Crippen LogP contribution < -0.4 is 5.32 Å². The van der Waals surface area contributed by atoms with E-state index in [0.717, 1.165) is 12.1 Å². The lowest BCUT2D eigenvalue weighted by Crippen LogP contribution is -2.28. The van der Waals surface area contributed by atoms with Gasteiger partial charge in [0, 0.05) is 11.0 Å². The van der Waals surface area contributed by atoms with E-state index in [1.54, 1.807) is 0 Å². The monoisotopic (exact) mass is 353 g/mol. The minimum atomic E-state index is -4.64. The summed E-state index contributed by atoms with van der Waals surface area (Å²) in [5, 5.41) is 2.24. The number of carbonyl (C=O) groups excluding carboxylic acids is 2. The molecule has 1 aromatic rings. The lowest BCUT2D eigenvalue weighted by atomic mass is 10.1. The maximum atomic E-state index is 12.8. The number of methoxy groups -OCH3 is 1. The van der Waals surface area contributed by atoms with Crippen LogP contribution in [0.2, 0.25) is 0 Å². The van der Waals surface area contributed by atoms with Crippen LogP contribution in [0.1, 0.15) is 22.3 Å². The van der Waals surface area contributed by atoms with Crippen molar-refractivity contribution in [2.75, 3.05) is 13.7 Å². The number of rotatable bonds is 4. The molecule has 1 N–H and O–H groups in total. The molecule has 8 heteroatoms. The molecule has 1 rings (SSSR count). The molecule has 0 aliphatic carbocycles. The van der Waals surface area contributed by atoms with Crippen LogP contribution in [0.5, 0.6) is 0 Å². The van der Waals surface area contributed by atoms with E-state index in [2.05, 4.69) is 26.0 Å². The molecule has 0 saturated heterocycles. The van der Waals surface area contributed by atoms with Crippen LogP contribution in [0.3, 0.4) is 0 Å². The quantitative estimate of drug-likeness (QED) is 0.846. The standard InChI is InChI=1S/C12H11BrF3NO3/c1-20-10(18)4-5-17-11(19)8-3-2-7(13)6-9(8)12(14,15)16/h2-3,6H,4-5H2,1H3,(H,17,19). The summed E-state index contributed by atoms with van der Waals surface area (Å²) < 4.78 is 43.0. The van der Waals surface area contributed by atoms with E-state index in [1.165, 1.54) is 13.2 Å². The summed E-state index contributed by atoms with van der Waals surface area (Å²) in [4.78, 5) is 22.6. The van der Waals surface area contributed by atoms with Crippen LogP contribution in [-0.4, -0.2) is 25.5 Å². The number of ether oxygens (including phenoxy) is 1. The topological polar surface area (TPSA) is 55.4 Å². The van der Waals surface area contributed by atoms with Crippen molar-refractivity contribution in [1.82, 2.24) is 5.32 Å². The highest BCUT2D eigenvalue weighted by Crippen LogP contribution is 2.33. The molecule has 0 fully saturated rings. The van der Waals surface area contributed by atoms with E-state index >= 15 is 0 Å². The zero-order valence-corrected chi connectivity index (χ0v) is 12.0. The van der Waals surface area contributed by atoms with Crippen LogP contribution in [0.25, 0.3) is 0 Å². The number of alkyl halides is 3. The summed E-state index contributed by atoms with van der Waals surface area (Å²) >= 11 is 2.93. The third kappa shape index (κ3) is 4.52. The fraction of sp³-hybridized carbons (Fsp3) is 0.333. The summed E-state index contributed by atoms with van der Waals surface area (Å²) in [7, 11) is 1.18. The molecular weight excluding hydrogens is 343 g/mol. The zero-order chi connectivity index (χ0) is 15.3. The normalized spacial score (nSPS) is 11.1. The van der Waals surface area contributed by atoms with Gasteiger partial charge in [0.1, 0.15) is 0 Å². The third-order valence-electron chi connectivity index (χ3n) is 2.37. The van der Waals surface area contributed by atoms with Crippen molar-refractivity contribution in [1.29, 1.82) is 0 Å². The number of hydrogen-bond acceptors (Lipinski definition) is 3. The van der Waals surface area contributed by atoms with Gasteiger partial charge in [0.25, 0.3) is 5.91 Å². The summed E-state index contributed by atoms with van der Waals surface area (Å²) in [6, 6.07) is 3.24. The summed E-state index contributed by atoms with van der Waals surface area (Å²) in [5.41, 5.74) is -1.53. The van der Waals surface area contributed by atoms with Crippen LogP contribution in [0.15, 0.2) is 22.7 Å². The van der Waals surface area contributed by atoms with Gasteiger partial charge in [-0.1, -0.05) is 15.9 Å². The molecule has 0 atom stereocenters. The summed E-state index contributed by atoms with van der Waals surface area (Å²) in [6.45, 7) is -0.0983. The van der Waals surface area contributed by atoms with Gasteiger partial charge in [0.2, 0.25) is 0 Å². The largest absolute Gasteiger partial charge is 0.469 e. The van der Waals surface area contributed by atoms with E-state index < -0.39 is 29.2 Å². The Labute approximate surface area is 121 Å². The molecule has 0 aliphatic rings. The molecule has 0 aromatic heterocycles. The average molecular weight is 354 g/mol. The Morgan fingerprint density at radius 2 is 2.00 bits per heavy atom. The molecule has 0 bridgehead atoms. The summed E-state index contributed by atoms with van der Waals surface area (Å²) in [6.07, 6.45) is -4.75. The fourth-order valence-corrected chi connectivity index (χ4v) is 1.79. The Balaban J connectivity index is 2.85. The number of esters is 1. The first-order valence-electron chi connectivity index (χ1n) is 5.47. The molecule has 0 heterocycles. The Hall–Kier alpha value is -1.57. The van der Waals surface area contributed by atoms with E-state index in [9.17, 15) is 22.8 Å². The summed E-state index contributed by atoms with van der Waals surface area (Å²) in [5.74, 6) is -1.45. The molecule has 1 amide bonds. The molecule has 20 heavy (non-hydrogen) atoms. The van der Waals surface area contributed by atoms with Gasteiger partial charge in [-0.2, -0.15) is 13.2 Å². The molecule has 1 aromatic carbocycles. The molecule has 110 valence electrons.